The Bertz CT molecular complexity index is 1630. The molecule has 2 heterocycles. The minimum absolute atomic E-state index is 0.00468. The molecule has 0 saturated heterocycles. The molecular formula is C24H20N6O5S. The minimum atomic E-state index is -4.07. The summed E-state index contributed by atoms with van der Waals surface area (Å²) in [6, 6.07) is 17.2. The molecule has 5 aromatic rings. The number of nitrogens with zero attached hydrogens (tertiary/aromatic N) is 3. The zero-order valence-electron chi connectivity index (χ0n) is 18.9. The van der Waals surface area contributed by atoms with Crippen LogP contribution in [0.2, 0.25) is 0 Å². The minimum Gasteiger partial charge on any atom is -0.497 e. The molecule has 0 aliphatic heterocycles. The van der Waals surface area contributed by atoms with Crippen LogP contribution in [0.15, 0.2) is 90.3 Å². The fourth-order valence-electron chi connectivity index (χ4n) is 3.44. The fraction of sp³-hybridized carbons (Fsp3) is 0.0417. The average molecular weight is 505 g/mol. The summed E-state index contributed by atoms with van der Waals surface area (Å²) < 4.78 is 37.7. The number of benzene rings is 3. The average Bonchev–Trinajstić information content (AvgIpc) is 3.53. The first kappa shape index (κ1) is 22.9. The molecule has 5 rings (SSSR count). The lowest BCUT2D eigenvalue weighted by molar-refractivity contribution is 0.262. The molecule has 0 bridgehead atoms. The smallest absolute Gasteiger partial charge is 0.339 e. The Balaban J connectivity index is 1.28. The number of ether oxygens (including phenoxy) is 1. The maximum atomic E-state index is 12.8. The molecule has 2 aromatic heterocycles. The highest BCUT2D eigenvalue weighted by molar-refractivity contribution is 7.87. The van der Waals surface area contributed by atoms with Crippen LogP contribution in [0.4, 0.5) is 16.4 Å². The number of H-pyrrole nitrogens is 1. The summed E-state index contributed by atoms with van der Waals surface area (Å²) in [6.07, 6.45) is 5.00. The van der Waals surface area contributed by atoms with Crippen LogP contribution in [0, 0.1) is 0 Å². The Morgan fingerprint density at radius 3 is 2.58 bits per heavy atom. The molecule has 36 heavy (non-hydrogen) atoms. The quantitative estimate of drug-likeness (QED) is 0.283. The van der Waals surface area contributed by atoms with Gasteiger partial charge in [-0.3, -0.25) is 5.32 Å². The van der Waals surface area contributed by atoms with E-state index in [9.17, 15) is 13.2 Å². The number of aromatic amines is 1. The number of hydrogen-bond acceptors (Lipinski definition) is 7. The first-order valence-electron chi connectivity index (χ1n) is 10.6. The molecule has 0 atom stereocenters. The molecule has 0 aliphatic rings. The highest BCUT2D eigenvalue weighted by Crippen LogP contribution is 2.25. The fourth-order valence-corrected chi connectivity index (χ4v) is 4.36. The highest BCUT2D eigenvalue weighted by atomic mass is 32.2. The van der Waals surface area contributed by atoms with Crippen molar-refractivity contribution in [2.75, 3.05) is 17.7 Å². The van der Waals surface area contributed by atoms with Crippen LogP contribution in [0.25, 0.3) is 16.7 Å². The van der Waals surface area contributed by atoms with Crippen LogP contribution in [0.5, 0.6) is 11.5 Å². The molecule has 3 N–H and O–H groups in total. The van der Waals surface area contributed by atoms with Crippen LogP contribution in [-0.2, 0) is 10.1 Å². The van der Waals surface area contributed by atoms with Gasteiger partial charge in [-0.25, -0.2) is 14.8 Å². The molecule has 0 aliphatic carbocycles. The number of carbonyl (C=O) groups is 1. The zero-order valence-corrected chi connectivity index (χ0v) is 19.7. The van der Waals surface area contributed by atoms with Gasteiger partial charge in [0, 0.05) is 35.9 Å². The second kappa shape index (κ2) is 9.43. The number of rotatable bonds is 7. The van der Waals surface area contributed by atoms with Crippen LogP contribution in [-0.4, -0.2) is 41.1 Å². The van der Waals surface area contributed by atoms with Crippen molar-refractivity contribution in [3.63, 3.8) is 0 Å². The van der Waals surface area contributed by atoms with Crippen molar-refractivity contribution in [3.8, 4) is 17.2 Å². The molecule has 0 spiro atoms. The predicted octanol–water partition coefficient (Wildman–Crippen LogP) is 4.17. The number of hydrogen-bond donors (Lipinski definition) is 3. The Labute approximate surface area is 205 Å². The summed E-state index contributed by atoms with van der Waals surface area (Å²) in [4.78, 5) is 23.6. The third-order valence-electron chi connectivity index (χ3n) is 5.15. The number of imidazole rings is 2. The van der Waals surface area contributed by atoms with Crippen LogP contribution >= 0.6 is 0 Å². The second-order valence-corrected chi connectivity index (χ2v) is 9.12. The molecule has 0 fully saturated rings. The van der Waals surface area contributed by atoms with E-state index in [1.165, 1.54) is 31.4 Å². The molecular weight excluding hydrogens is 484 g/mol. The van der Waals surface area contributed by atoms with Gasteiger partial charge in [-0.2, -0.15) is 8.42 Å². The lowest BCUT2D eigenvalue weighted by Crippen LogP contribution is -2.20. The van der Waals surface area contributed by atoms with Gasteiger partial charge in [0.05, 0.1) is 24.5 Å². The lowest BCUT2D eigenvalue weighted by Gasteiger charge is -2.08. The Morgan fingerprint density at radius 1 is 1.00 bits per heavy atom. The highest BCUT2D eigenvalue weighted by Gasteiger charge is 2.18. The number of aromatic nitrogens is 4. The number of methoxy groups -OCH3 is 1. The number of anilines is 2. The normalized spacial score (nSPS) is 11.2. The van der Waals surface area contributed by atoms with E-state index < -0.39 is 16.1 Å². The van der Waals surface area contributed by atoms with Crippen LogP contribution in [0.1, 0.15) is 0 Å². The molecule has 12 heteroatoms. The van der Waals surface area contributed by atoms with Crippen molar-refractivity contribution in [1.29, 1.82) is 0 Å². The molecule has 3 aromatic carbocycles. The largest absolute Gasteiger partial charge is 0.497 e. The SMILES string of the molecule is COc1cccc(NC(=O)Nc2nc3cc(OS(=O)(=O)c4ccc(-n5ccnc5)cc4)ccc3[nH]2)c1. The lowest BCUT2D eigenvalue weighted by atomic mass is 10.3. The molecule has 182 valence electrons. The zero-order chi connectivity index (χ0) is 25.1. The van der Waals surface area contributed by atoms with Crippen molar-refractivity contribution in [3.05, 3.63) is 85.5 Å². The summed E-state index contributed by atoms with van der Waals surface area (Å²) in [5.74, 6) is 0.869. The molecule has 11 nitrogen and oxygen atoms in total. The summed E-state index contributed by atoms with van der Waals surface area (Å²) in [5, 5.41) is 5.29. The summed E-state index contributed by atoms with van der Waals surface area (Å²) in [7, 11) is -2.54. The van der Waals surface area contributed by atoms with E-state index in [0.717, 1.165) is 5.69 Å². The molecule has 0 unspecified atom stereocenters. The number of carbonyl (C=O) groups excluding carboxylic acids is 1. The first-order chi connectivity index (χ1) is 17.4. The van der Waals surface area contributed by atoms with Gasteiger partial charge in [-0.05, 0) is 48.5 Å². The van der Waals surface area contributed by atoms with Crippen molar-refractivity contribution in [2.45, 2.75) is 4.90 Å². The van der Waals surface area contributed by atoms with E-state index in [1.807, 2.05) is 0 Å². The molecule has 2 amide bonds. The Kier molecular flexibility index (Phi) is 6.00. The van der Waals surface area contributed by atoms with Gasteiger partial charge >= 0.3 is 16.1 Å². The van der Waals surface area contributed by atoms with Crippen molar-refractivity contribution in [2.24, 2.45) is 0 Å². The van der Waals surface area contributed by atoms with Gasteiger partial charge in [0.1, 0.15) is 16.4 Å². The van der Waals surface area contributed by atoms with Gasteiger partial charge in [0.15, 0.2) is 0 Å². The van der Waals surface area contributed by atoms with E-state index in [4.69, 9.17) is 8.92 Å². The summed E-state index contributed by atoms with van der Waals surface area (Å²) >= 11 is 0. The maximum Gasteiger partial charge on any atom is 0.339 e. The van der Waals surface area contributed by atoms with E-state index in [2.05, 4.69) is 25.6 Å². The molecule has 0 saturated carbocycles. The topological polar surface area (TPSA) is 140 Å². The van der Waals surface area contributed by atoms with Crippen LogP contribution in [0.3, 0.4) is 0 Å². The Hall–Kier alpha value is -4.84. The van der Waals surface area contributed by atoms with E-state index >= 15 is 0 Å². The van der Waals surface area contributed by atoms with E-state index in [0.29, 0.717) is 22.5 Å². The monoisotopic (exact) mass is 504 g/mol. The van der Waals surface area contributed by atoms with Gasteiger partial charge in [0.2, 0.25) is 5.95 Å². The third kappa shape index (κ3) is 4.98. The van der Waals surface area contributed by atoms with E-state index in [1.54, 1.807) is 65.8 Å². The first-order valence-corrected chi connectivity index (χ1v) is 12.1. The van der Waals surface area contributed by atoms with Crippen molar-refractivity contribution < 1.29 is 22.1 Å². The van der Waals surface area contributed by atoms with Gasteiger partial charge in [-0.1, -0.05) is 6.07 Å². The Morgan fingerprint density at radius 2 is 1.83 bits per heavy atom. The van der Waals surface area contributed by atoms with Gasteiger partial charge in [0.25, 0.3) is 0 Å². The molecule has 0 radical (unpaired) electrons. The second-order valence-electron chi connectivity index (χ2n) is 7.58. The number of amides is 2. The van der Waals surface area contributed by atoms with Gasteiger partial charge < -0.3 is 23.8 Å². The van der Waals surface area contributed by atoms with E-state index in [-0.39, 0.29) is 16.6 Å². The standard InChI is InChI=1S/C24H20N6O5S/c1-34-18-4-2-3-16(13-18)26-24(31)29-23-27-21-10-7-19(14-22(21)28-23)35-36(32,33)20-8-5-17(6-9-20)30-12-11-25-15-30/h2-15H,1H3,(H3,26,27,28,29,31). The predicted molar refractivity (Wildman–Crippen MR) is 133 cm³/mol. The van der Waals surface area contributed by atoms with Gasteiger partial charge in [-0.15, -0.1) is 0 Å². The van der Waals surface area contributed by atoms with Crippen molar-refractivity contribution in [1.82, 2.24) is 19.5 Å². The van der Waals surface area contributed by atoms with Crippen molar-refractivity contribution >= 4 is 38.8 Å². The summed E-state index contributed by atoms with van der Waals surface area (Å²) in [5.41, 5.74) is 2.30. The third-order valence-corrected chi connectivity index (χ3v) is 6.41. The van der Waals surface area contributed by atoms with Crippen LogP contribution < -0.4 is 19.6 Å². The number of nitrogens with one attached hydrogen (secondary N) is 3. The number of urea groups is 1. The number of fused-ring (bicyclic) bond motifs is 1. The maximum absolute atomic E-state index is 12.8. The summed E-state index contributed by atoms with van der Waals surface area (Å²) in [6.45, 7) is 0.